The maximum atomic E-state index is 13.0. The van der Waals surface area contributed by atoms with Gasteiger partial charge in [-0.3, -0.25) is 9.69 Å². The number of hydrogen-bond acceptors (Lipinski definition) is 5. The second-order valence-corrected chi connectivity index (χ2v) is 11.2. The average Bonchev–Trinajstić information content (AvgIpc) is 3.58. The Morgan fingerprint density at radius 3 is 2.42 bits per heavy atom. The standard InChI is InChI=1S/C33H33N3O3S/c1-35-30-17-20-40-32(30)21-31(35)33(37)34-29-10-6-5-9-25(29)23-38-26-11-13-27(14-12-26)39-28-15-18-36(19-16-28)22-24-7-3-2-4-8-24/h2-14,17,20-21,28H,15-16,18-19,22-23H2,1H3,(H,34,37). The Balaban J connectivity index is 1.00. The highest BCUT2D eigenvalue weighted by Crippen LogP contribution is 2.27. The molecule has 1 N–H and O–H groups in total. The Hall–Kier alpha value is -4.07. The SMILES string of the molecule is Cn1c(C(=O)Nc2ccccc2COc2ccc(OC3CCN(Cc4ccccc4)CC3)cc2)cc2sccc21. The molecule has 5 aromatic rings. The first-order valence-corrected chi connectivity index (χ1v) is 14.6. The maximum absolute atomic E-state index is 13.0. The number of aromatic nitrogens is 1. The smallest absolute Gasteiger partial charge is 0.272 e. The molecule has 0 unspecified atom stereocenters. The summed E-state index contributed by atoms with van der Waals surface area (Å²) in [6.07, 6.45) is 2.28. The Morgan fingerprint density at radius 1 is 0.925 bits per heavy atom. The van der Waals surface area contributed by atoms with E-state index in [0.717, 1.165) is 65.4 Å². The van der Waals surface area contributed by atoms with Crippen molar-refractivity contribution in [2.75, 3.05) is 18.4 Å². The van der Waals surface area contributed by atoms with Gasteiger partial charge < -0.3 is 19.4 Å². The summed E-state index contributed by atoms with van der Waals surface area (Å²) in [5.74, 6) is 1.49. The zero-order valence-corrected chi connectivity index (χ0v) is 23.4. The van der Waals surface area contributed by atoms with Gasteiger partial charge in [-0.2, -0.15) is 0 Å². The van der Waals surface area contributed by atoms with Gasteiger partial charge in [0, 0.05) is 37.9 Å². The summed E-state index contributed by atoms with van der Waals surface area (Å²) in [6, 6.07) is 30.2. The predicted octanol–water partition coefficient (Wildman–Crippen LogP) is 7.11. The molecule has 1 amide bonds. The Bertz CT molecular complexity index is 1570. The van der Waals surface area contributed by atoms with Gasteiger partial charge in [0.2, 0.25) is 0 Å². The number of carbonyl (C=O) groups excluding carboxylic acids is 1. The molecule has 0 saturated carbocycles. The van der Waals surface area contributed by atoms with Crippen LogP contribution in [0.1, 0.15) is 34.5 Å². The maximum Gasteiger partial charge on any atom is 0.272 e. The molecule has 1 fully saturated rings. The van der Waals surface area contributed by atoms with Gasteiger partial charge in [0.15, 0.2) is 0 Å². The molecule has 0 aliphatic carbocycles. The monoisotopic (exact) mass is 551 g/mol. The molecule has 0 spiro atoms. The van der Waals surface area contributed by atoms with Gasteiger partial charge in [-0.1, -0.05) is 48.5 Å². The minimum absolute atomic E-state index is 0.134. The lowest BCUT2D eigenvalue weighted by atomic mass is 10.1. The van der Waals surface area contributed by atoms with Crippen molar-refractivity contribution in [2.24, 2.45) is 7.05 Å². The number of para-hydroxylation sites is 1. The van der Waals surface area contributed by atoms with Crippen LogP contribution in [0.5, 0.6) is 11.5 Å². The third-order valence-corrected chi connectivity index (χ3v) is 8.32. The van der Waals surface area contributed by atoms with Crippen molar-refractivity contribution in [3.8, 4) is 11.5 Å². The molecule has 3 aromatic carbocycles. The summed E-state index contributed by atoms with van der Waals surface area (Å²) in [6.45, 7) is 3.42. The van der Waals surface area contributed by atoms with Gasteiger partial charge in [0.05, 0.1) is 10.2 Å². The third kappa shape index (κ3) is 6.06. The molecule has 40 heavy (non-hydrogen) atoms. The van der Waals surface area contributed by atoms with E-state index in [1.165, 1.54) is 5.56 Å². The number of ether oxygens (including phenoxy) is 2. The number of fused-ring (bicyclic) bond motifs is 1. The fraction of sp³-hybridized carbons (Fsp3) is 0.242. The van der Waals surface area contributed by atoms with E-state index in [-0.39, 0.29) is 12.0 Å². The number of nitrogens with one attached hydrogen (secondary N) is 1. The number of nitrogens with zero attached hydrogens (tertiary/aromatic N) is 2. The minimum atomic E-state index is -0.134. The molecule has 6 rings (SSSR count). The summed E-state index contributed by atoms with van der Waals surface area (Å²) in [5.41, 5.74) is 4.71. The zero-order chi connectivity index (χ0) is 27.3. The summed E-state index contributed by atoms with van der Waals surface area (Å²) in [7, 11) is 1.92. The van der Waals surface area contributed by atoms with Crippen LogP contribution < -0.4 is 14.8 Å². The first kappa shape index (κ1) is 26.2. The van der Waals surface area contributed by atoms with Crippen molar-refractivity contribution in [1.29, 1.82) is 0 Å². The van der Waals surface area contributed by atoms with Crippen molar-refractivity contribution in [3.63, 3.8) is 0 Å². The first-order chi connectivity index (χ1) is 19.6. The molecule has 1 saturated heterocycles. The van der Waals surface area contributed by atoms with Crippen LogP contribution in [-0.4, -0.2) is 34.6 Å². The Kier molecular flexibility index (Phi) is 7.84. The van der Waals surface area contributed by atoms with Crippen LogP contribution in [0.3, 0.4) is 0 Å². The number of hydrogen-bond donors (Lipinski definition) is 1. The average molecular weight is 552 g/mol. The number of likely N-dealkylation sites (tertiary alicyclic amines) is 1. The number of piperidine rings is 1. The largest absolute Gasteiger partial charge is 0.490 e. The summed E-state index contributed by atoms with van der Waals surface area (Å²) in [4.78, 5) is 15.5. The first-order valence-electron chi connectivity index (χ1n) is 13.7. The van der Waals surface area contributed by atoms with Gasteiger partial charge in [-0.15, -0.1) is 11.3 Å². The van der Waals surface area contributed by atoms with E-state index in [0.29, 0.717) is 12.3 Å². The van der Waals surface area contributed by atoms with Crippen molar-refractivity contribution >= 4 is 33.1 Å². The number of benzene rings is 3. The van der Waals surface area contributed by atoms with E-state index in [4.69, 9.17) is 9.47 Å². The normalized spacial score (nSPS) is 14.3. The molecule has 7 heteroatoms. The van der Waals surface area contributed by atoms with E-state index >= 15 is 0 Å². The zero-order valence-electron chi connectivity index (χ0n) is 22.6. The molecule has 6 nitrogen and oxygen atoms in total. The fourth-order valence-electron chi connectivity index (χ4n) is 5.22. The molecule has 0 atom stereocenters. The van der Waals surface area contributed by atoms with E-state index in [1.54, 1.807) is 11.3 Å². The predicted molar refractivity (Wildman–Crippen MR) is 161 cm³/mol. The lowest BCUT2D eigenvalue weighted by Gasteiger charge is -2.32. The highest BCUT2D eigenvalue weighted by molar-refractivity contribution is 7.17. The van der Waals surface area contributed by atoms with Gasteiger partial charge >= 0.3 is 0 Å². The fourth-order valence-corrected chi connectivity index (χ4v) is 6.07. The molecular weight excluding hydrogens is 518 g/mol. The van der Waals surface area contributed by atoms with Gasteiger partial charge in [-0.25, -0.2) is 0 Å². The van der Waals surface area contributed by atoms with Crippen LogP contribution in [0, 0.1) is 0 Å². The molecule has 1 aliphatic heterocycles. The van der Waals surface area contributed by atoms with Crippen LogP contribution in [0.25, 0.3) is 10.2 Å². The number of rotatable bonds is 9. The lowest BCUT2D eigenvalue weighted by Crippen LogP contribution is -2.37. The topological polar surface area (TPSA) is 55.7 Å². The quantitative estimate of drug-likeness (QED) is 0.212. The Labute approximate surface area is 238 Å². The number of aryl methyl sites for hydroxylation is 1. The summed E-state index contributed by atoms with van der Waals surface area (Å²) >= 11 is 1.63. The van der Waals surface area contributed by atoms with Gasteiger partial charge in [0.25, 0.3) is 5.91 Å². The van der Waals surface area contributed by atoms with Crippen LogP contribution in [0.2, 0.25) is 0 Å². The van der Waals surface area contributed by atoms with E-state index < -0.39 is 0 Å². The number of anilines is 1. The third-order valence-electron chi connectivity index (χ3n) is 7.47. The molecule has 0 bridgehead atoms. The summed E-state index contributed by atoms with van der Waals surface area (Å²) < 4.78 is 15.4. The number of carbonyl (C=O) groups is 1. The van der Waals surface area contributed by atoms with Gasteiger partial charge in [0.1, 0.15) is 29.9 Å². The number of thiophene rings is 1. The van der Waals surface area contributed by atoms with Crippen molar-refractivity contribution in [1.82, 2.24) is 9.47 Å². The molecule has 1 aliphatic rings. The van der Waals surface area contributed by atoms with Crippen molar-refractivity contribution in [3.05, 3.63) is 113 Å². The highest BCUT2D eigenvalue weighted by Gasteiger charge is 2.21. The van der Waals surface area contributed by atoms with E-state index in [2.05, 4.69) is 40.5 Å². The second-order valence-electron chi connectivity index (χ2n) is 10.2. The molecule has 2 aromatic heterocycles. The number of amides is 1. The molecule has 3 heterocycles. The van der Waals surface area contributed by atoms with Crippen LogP contribution in [-0.2, 0) is 20.2 Å². The molecule has 0 radical (unpaired) electrons. The van der Waals surface area contributed by atoms with Crippen molar-refractivity contribution in [2.45, 2.75) is 32.1 Å². The summed E-state index contributed by atoms with van der Waals surface area (Å²) in [5, 5.41) is 5.10. The second kappa shape index (κ2) is 12.0. The van der Waals surface area contributed by atoms with Crippen LogP contribution >= 0.6 is 11.3 Å². The van der Waals surface area contributed by atoms with Crippen molar-refractivity contribution < 1.29 is 14.3 Å². The molecule has 204 valence electrons. The highest BCUT2D eigenvalue weighted by atomic mass is 32.1. The van der Waals surface area contributed by atoms with Crippen LogP contribution in [0.4, 0.5) is 5.69 Å². The van der Waals surface area contributed by atoms with Crippen LogP contribution in [0.15, 0.2) is 96.4 Å². The van der Waals surface area contributed by atoms with E-state index in [9.17, 15) is 4.79 Å². The molecular formula is C33H33N3O3S. The Morgan fingerprint density at radius 2 is 1.65 bits per heavy atom. The lowest BCUT2D eigenvalue weighted by molar-refractivity contribution is 0.0967. The van der Waals surface area contributed by atoms with Gasteiger partial charge in [-0.05, 0) is 66.2 Å². The van der Waals surface area contributed by atoms with E-state index in [1.807, 2.05) is 77.7 Å². The minimum Gasteiger partial charge on any atom is -0.490 e.